The monoisotopic (exact) mass is 439 g/mol. The summed E-state index contributed by atoms with van der Waals surface area (Å²) < 4.78 is 19.9. The summed E-state index contributed by atoms with van der Waals surface area (Å²) >= 11 is 0. The number of piperidine rings is 1. The number of aryl methyl sites for hydroxylation is 1. The molecule has 0 unspecified atom stereocenters. The minimum absolute atomic E-state index is 0.00674. The van der Waals surface area contributed by atoms with Crippen molar-refractivity contribution in [2.24, 2.45) is 5.92 Å². The average molecular weight is 440 g/mol. The Morgan fingerprint density at radius 2 is 1.72 bits per heavy atom. The van der Waals surface area contributed by atoms with Crippen LogP contribution in [-0.2, 0) is 16.0 Å². The second-order valence-electron chi connectivity index (χ2n) is 8.37. The van der Waals surface area contributed by atoms with E-state index < -0.39 is 0 Å². The average Bonchev–Trinajstić information content (AvgIpc) is 2.84. The van der Waals surface area contributed by atoms with Crippen molar-refractivity contribution in [1.82, 2.24) is 4.90 Å². The molecule has 2 fully saturated rings. The van der Waals surface area contributed by atoms with E-state index >= 15 is 0 Å². The lowest BCUT2D eigenvalue weighted by atomic mass is 9.95. The van der Waals surface area contributed by atoms with Gasteiger partial charge in [0.2, 0.25) is 5.91 Å². The van der Waals surface area contributed by atoms with Gasteiger partial charge in [0, 0.05) is 43.3 Å². The number of amides is 2. The first-order valence-electron chi connectivity index (χ1n) is 11.4. The molecule has 0 radical (unpaired) electrons. The van der Waals surface area contributed by atoms with E-state index in [9.17, 15) is 14.0 Å². The molecule has 0 atom stereocenters. The van der Waals surface area contributed by atoms with Gasteiger partial charge >= 0.3 is 0 Å². The van der Waals surface area contributed by atoms with Crippen molar-refractivity contribution in [3.8, 4) is 0 Å². The summed E-state index contributed by atoms with van der Waals surface area (Å²) in [4.78, 5) is 29.2. The third kappa shape index (κ3) is 5.10. The lowest BCUT2D eigenvalue weighted by Gasteiger charge is -2.31. The second kappa shape index (κ2) is 10.1. The molecule has 2 aliphatic heterocycles. The van der Waals surface area contributed by atoms with E-state index in [1.165, 1.54) is 11.6 Å². The number of hydrogen-bond donors (Lipinski definition) is 1. The van der Waals surface area contributed by atoms with Gasteiger partial charge in [-0.2, -0.15) is 0 Å². The molecule has 2 aliphatic rings. The number of halogens is 1. The molecule has 2 aromatic carbocycles. The maximum Gasteiger partial charge on any atom is 0.253 e. The predicted molar refractivity (Wildman–Crippen MR) is 123 cm³/mol. The highest BCUT2D eigenvalue weighted by atomic mass is 19.1. The summed E-state index contributed by atoms with van der Waals surface area (Å²) in [6.07, 6.45) is 2.13. The molecular formula is C25H30FN3O3. The Bertz CT molecular complexity index is 949. The van der Waals surface area contributed by atoms with Crippen LogP contribution in [0.25, 0.3) is 0 Å². The van der Waals surface area contributed by atoms with Crippen molar-refractivity contribution in [3.05, 3.63) is 59.4 Å². The summed E-state index contributed by atoms with van der Waals surface area (Å²) in [6, 6.07) is 12.5. The number of nitrogens with one attached hydrogen (secondary N) is 1. The van der Waals surface area contributed by atoms with Crippen molar-refractivity contribution in [2.75, 3.05) is 49.6 Å². The molecule has 6 nitrogen and oxygen atoms in total. The molecule has 0 bridgehead atoms. The zero-order chi connectivity index (χ0) is 22.5. The molecule has 2 heterocycles. The Kier molecular flexibility index (Phi) is 7.05. The third-order valence-corrected chi connectivity index (χ3v) is 6.33. The zero-order valence-corrected chi connectivity index (χ0v) is 18.5. The highest BCUT2D eigenvalue weighted by molar-refractivity contribution is 5.95. The van der Waals surface area contributed by atoms with E-state index in [1.54, 1.807) is 12.1 Å². The molecule has 2 aromatic rings. The quantitative estimate of drug-likeness (QED) is 0.772. The van der Waals surface area contributed by atoms with Crippen LogP contribution in [0.4, 0.5) is 15.8 Å². The summed E-state index contributed by atoms with van der Waals surface area (Å²) in [7, 11) is 0. The van der Waals surface area contributed by atoms with Crippen LogP contribution in [0, 0.1) is 11.7 Å². The van der Waals surface area contributed by atoms with Crippen molar-refractivity contribution >= 4 is 23.2 Å². The zero-order valence-electron chi connectivity index (χ0n) is 18.5. The van der Waals surface area contributed by atoms with Gasteiger partial charge in [-0.25, -0.2) is 4.39 Å². The van der Waals surface area contributed by atoms with Crippen LogP contribution in [0.15, 0.2) is 42.5 Å². The number of morpholine rings is 1. The number of likely N-dealkylation sites (tertiary alicyclic amines) is 1. The number of nitrogens with zero attached hydrogens (tertiary/aromatic N) is 2. The predicted octanol–water partition coefficient (Wildman–Crippen LogP) is 3.72. The first kappa shape index (κ1) is 22.3. The highest BCUT2D eigenvalue weighted by Gasteiger charge is 2.28. The molecule has 0 aliphatic carbocycles. The smallest absolute Gasteiger partial charge is 0.253 e. The lowest BCUT2D eigenvalue weighted by Crippen LogP contribution is -2.41. The molecule has 0 spiro atoms. The van der Waals surface area contributed by atoms with Gasteiger partial charge < -0.3 is 19.9 Å². The molecule has 4 rings (SSSR count). The fraction of sp³-hybridized carbons (Fsp3) is 0.440. The normalized spacial score (nSPS) is 17.3. The number of anilines is 2. The Hall–Kier alpha value is -2.93. The molecule has 7 heteroatoms. The number of rotatable bonds is 5. The van der Waals surface area contributed by atoms with E-state index in [-0.39, 0.29) is 23.5 Å². The Balaban J connectivity index is 1.30. The molecule has 170 valence electrons. The molecule has 2 amide bonds. The number of carbonyl (C=O) groups excluding carboxylic acids is 2. The van der Waals surface area contributed by atoms with Crippen molar-refractivity contribution < 1.29 is 18.7 Å². The van der Waals surface area contributed by atoms with Gasteiger partial charge in [-0.3, -0.25) is 9.59 Å². The second-order valence-corrected chi connectivity index (χ2v) is 8.37. The highest BCUT2D eigenvalue weighted by Crippen LogP contribution is 2.26. The van der Waals surface area contributed by atoms with Crippen LogP contribution >= 0.6 is 0 Å². The topological polar surface area (TPSA) is 61.9 Å². The van der Waals surface area contributed by atoms with Crippen LogP contribution < -0.4 is 10.2 Å². The summed E-state index contributed by atoms with van der Waals surface area (Å²) in [5.74, 6) is -0.655. The van der Waals surface area contributed by atoms with Gasteiger partial charge in [0.25, 0.3) is 5.91 Å². The molecule has 0 saturated carbocycles. The molecule has 0 aromatic heterocycles. The van der Waals surface area contributed by atoms with Gasteiger partial charge in [0.05, 0.1) is 18.9 Å². The first-order valence-corrected chi connectivity index (χ1v) is 11.4. The lowest BCUT2D eigenvalue weighted by molar-refractivity contribution is -0.121. The Labute approximate surface area is 188 Å². The molecule has 32 heavy (non-hydrogen) atoms. The van der Waals surface area contributed by atoms with E-state index in [0.29, 0.717) is 69.2 Å². The van der Waals surface area contributed by atoms with Crippen LogP contribution in [0.1, 0.15) is 35.7 Å². The van der Waals surface area contributed by atoms with Crippen molar-refractivity contribution in [2.45, 2.75) is 26.2 Å². The van der Waals surface area contributed by atoms with Crippen LogP contribution in [-0.4, -0.2) is 56.1 Å². The number of benzene rings is 2. The summed E-state index contributed by atoms with van der Waals surface area (Å²) in [6.45, 7) is 5.64. The van der Waals surface area contributed by atoms with Crippen LogP contribution in [0.2, 0.25) is 0 Å². The van der Waals surface area contributed by atoms with E-state index in [1.807, 2.05) is 34.1 Å². The third-order valence-electron chi connectivity index (χ3n) is 6.33. The van der Waals surface area contributed by atoms with Gasteiger partial charge in [-0.05, 0) is 55.2 Å². The standard InChI is InChI=1S/C25H30FN3O3/c1-2-18-3-5-20(6-4-18)25(31)29-11-9-19(10-12-29)24(30)27-21-7-8-23(22(26)17-21)28-13-15-32-16-14-28/h3-8,17,19H,2,9-16H2,1H3,(H,27,30). The Morgan fingerprint density at radius 3 is 2.34 bits per heavy atom. The fourth-order valence-corrected chi connectivity index (χ4v) is 4.30. The maximum atomic E-state index is 14.6. The van der Waals surface area contributed by atoms with Crippen LogP contribution in [0.5, 0.6) is 0 Å². The number of carbonyl (C=O) groups is 2. The van der Waals surface area contributed by atoms with E-state index in [0.717, 1.165) is 6.42 Å². The summed E-state index contributed by atoms with van der Waals surface area (Å²) in [5.41, 5.74) is 2.87. The van der Waals surface area contributed by atoms with Crippen molar-refractivity contribution in [1.29, 1.82) is 0 Å². The fourth-order valence-electron chi connectivity index (χ4n) is 4.30. The number of hydrogen-bond acceptors (Lipinski definition) is 4. The van der Waals surface area contributed by atoms with E-state index in [2.05, 4.69) is 12.2 Å². The van der Waals surface area contributed by atoms with E-state index in [4.69, 9.17) is 4.74 Å². The van der Waals surface area contributed by atoms with Gasteiger partial charge in [0.15, 0.2) is 0 Å². The Morgan fingerprint density at radius 1 is 1.03 bits per heavy atom. The number of ether oxygens (including phenoxy) is 1. The first-order chi connectivity index (χ1) is 15.5. The minimum Gasteiger partial charge on any atom is -0.378 e. The van der Waals surface area contributed by atoms with Gasteiger partial charge in [-0.15, -0.1) is 0 Å². The van der Waals surface area contributed by atoms with Crippen LogP contribution in [0.3, 0.4) is 0 Å². The SMILES string of the molecule is CCc1ccc(C(=O)N2CCC(C(=O)Nc3ccc(N4CCOCC4)c(F)c3)CC2)cc1. The maximum absolute atomic E-state index is 14.6. The summed E-state index contributed by atoms with van der Waals surface area (Å²) in [5, 5.41) is 2.85. The molecule has 1 N–H and O–H groups in total. The largest absolute Gasteiger partial charge is 0.378 e. The minimum atomic E-state index is -0.348. The van der Waals surface area contributed by atoms with Gasteiger partial charge in [-0.1, -0.05) is 19.1 Å². The van der Waals surface area contributed by atoms with Gasteiger partial charge in [0.1, 0.15) is 5.82 Å². The van der Waals surface area contributed by atoms with Crippen molar-refractivity contribution in [3.63, 3.8) is 0 Å². The molecular weight excluding hydrogens is 409 g/mol. The molecule has 2 saturated heterocycles.